The fraction of sp³-hybridized carbons (Fsp3) is 0.250. The van der Waals surface area contributed by atoms with Crippen molar-refractivity contribution in [3.8, 4) is 5.75 Å². The van der Waals surface area contributed by atoms with Crippen LogP contribution in [0.3, 0.4) is 0 Å². The quantitative estimate of drug-likeness (QED) is 0.556. The minimum absolute atomic E-state index is 0.0565. The van der Waals surface area contributed by atoms with Crippen LogP contribution in [0.15, 0.2) is 17.1 Å². The molecule has 14 heavy (non-hydrogen) atoms. The number of hydrogen-bond acceptors (Lipinski definition) is 4. The molecular formula is C8H11N3O3. The zero-order valence-corrected chi connectivity index (χ0v) is 7.45. The Bertz CT molecular complexity index is 386. The van der Waals surface area contributed by atoms with Crippen LogP contribution in [0, 0.1) is 0 Å². The van der Waals surface area contributed by atoms with Crippen LogP contribution in [0.25, 0.3) is 0 Å². The van der Waals surface area contributed by atoms with E-state index in [4.69, 9.17) is 16.2 Å². The van der Waals surface area contributed by atoms with E-state index in [-0.39, 0.29) is 24.3 Å². The molecule has 1 aromatic heterocycles. The molecule has 1 heterocycles. The standard InChI is InChI=1S/C8H11N3O3/c9-2-5-1-6(12)7(3-11-5)14-4-8(10)13/h1,3H,2,4,9H2,(H2,10,13)(H,11,12). The second-order valence-electron chi connectivity index (χ2n) is 2.65. The zero-order chi connectivity index (χ0) is 10.6. The molecule has 6 heteroatoms. The van der Waals surface area contributed by atoms with Crippen LogP contribution in [-0.2, 0) is 11.3 Å². The number of nitrogens with one attached hydrogen (secondary N) is 1. The van der Waals surface area contributed by atoms with Gasteiger partial charge in [0.15, 0.2) is 12.4 Å². The van der Waals surface area contributed by atoms with Crippen LogP contribution in [0.4, 0.5) is 0 Å². The van der Waals surface area contributed by atoms with Crippen molar-refractivity contribution < 1.29 is 9.53 Å². The minimum atomic E-state index is -0.632. The Morgan fingerprint density at radius 3 is 2.79 bits per heavy atom. The van der Waals surface area contributed by atoms with E-state index in [0.717, 1.165) is 0 Å². The Labute approximate surface area is 79.9 Å². The fourth-order valence-electron chi connectivity index (χ4n) is 0.880. The third kappa shape index (κ3) is 2.60. The van der Waals surface area contributed by atoms with Crippen LogP contribution in [-0.4, -0.2) is 17.5 Å². The molecule has 0 unspecified atom stereocenters. The molecule has 1 rings (SSSR count). The van der Waals surface area contributed by atoms with E-state index in [9.17, 15) is 9.59 Å². The summed E-state index contributed by atoms with van der Waals surface area (Å²) in [7, 11) is 0. The molecule has 6 nitrogen and oxygen atoms in total. The van der Waals surface area contributed by atoms with E-state index in [2.05, 4.69) is 4.98 Å². The number of rotatable bonds is 4. The van der Waals surface area contributed by atoms with Gasteiger partial charge >= 0.3 is 0 Å². The predicted molar refractivity (Wildman–Crippen MR) is 49.6 cm³/mol. The van der Waals surface area contributed by atoms with E-state index >= 15 is 0 Å². The van der Waals surface area contributed by atoms with Crippen LogP contribution >= 0.6 is 0 Å². The Hall–Kier alpha value is -1.82. The second kappa shape index (κ2) is 4.43. The molecule has 1 amide bonds. The molecule has 0 saturated carbocycles. The van der Waals surface area contributed by atoms with Crippen molar-refractivity contribution in [2.75, 3.05) is 6.61 Å². The highest BCUT2D eigenvalue weighted by molar-refractivity contribution is 5.75. The maximum atomic E-state index is 11.3. The minimum Gasteiger partial charge on any atom is -0.478 e. The third-order valence-electron chi connectivity index (χ3n) is 1.53. The SMILES string of the molecule is NCc1cc(=O)c(OCC(N)=O)c[nH]1. The number of amides is 1. The maximum Gasteiger partial charge on any atom is 0.255 e. The largest absolute Gasteiger partial charge is 0.478 e. The summed E-state index contributed by atoms with van der Waals surface area (Å²) in [5.74, 6) is -0.576. The maximum absolute atomic E-state index is 11.3. The number of carbonyl (C=O) groups is 1. The molecular weight excluding hydrogens is 186 g/mol. The Morgan fingerprint density at radius 1 is 1.57 bits per heavy atom. The average molecular weight is 197 g/mol. The second-order valence-corrected chi connectivity index (χ2v) is 2.65. The number of pyridine rings is 1. The van der Waals surface area contributed by atoms with Crippen molar-refractivity contribution in [1.29, 1.82) is 0 Å². The molecule has 76 valence electrons. The van der Waals surface area contributed by atoms with E-state index in [1.54, 1.807) is 0 Å². The number of primary amides is 1. The van der Waals surface area contributed by atoms with Gasteiger partial charge in [-0.25, -0.2) is 0 Å². The summed E-state index contributed by atoms with van der Waals surface area (Å²) in [5.41, 5.74) is 10.4. The average Bonchev–Trinajstić information content (AvgIpc) is 2.15. The van der Waals surface area contributed by atoms with Crippen molar-refractivity contribution in [3.05, 3.63) is 28.2 Å². The van der Waals surface area contributed by atoms with E-state index in [0.29, 0.717) is 5.69 Å². The number of carbonyl (C=O) groups excluding carboxylic acids is 1. The van der Waals surface area contributed by atoms with Crippen LogP contribution < -0.4 is 21.6 Å². The fourth-order valence-corrected chi connectivity index (χ4v) is 0.880. The van der Waals surface area contributed by atoms with Gasteiger partial charge in [0.2, 0.25) is 5.43 Å². The van der Waals surface area contributed by atoms with Crippen LogP contribution in [0.5, 0.6) is 5.75 Å². The highest BCUT2D eigenvalue weighted by Crippen LogP contribution is 2.00. The normalized spacial score (nSPS) is 9.79. The lowest BCUT2D eigenvalue weighted by Gasteiger charge is -2.03. The molecule has 0 saturated heterocycles. The summed E-state index contributed by atoms with van der Waals surface area (Å²) in [6.07, 6.45) is 1.35. The predicted octanol–water partition coefficient (Wildman–Crippen LogP) is -1.30. The molecule has 0 aromatic carbocycles. The summed E-state index contributed by atoms with van der Waals surface area (Å²) in [5, 5.41) is 0. The van der Waals surface area contributed by atoms with Gasteiger partial charge in [0.1, 0.15) is 0 Å². The number of ether oxygens (including phenoxy) is 1. The lowest BCUT2D eigenvalue weighted by Crippen LogP contribution is -2.22. The first-order valence-electron chi connectivity index (χ1n) is 3.96. The summed E-state index contributed by atoms with van der Waals surface area (Å²) < 4.78 is 4.84. The summed E-state index contributed by atoms with van der Waals surface area (Å²) in [6, 6.07) is 1.32. The van der Waals surface area contributed by atoms with E-state index in [1.807, 2.05) is 0 Å². The van der Waals surface area contributed by atoms with Crippen LogP contribution in [0.2, 0.25) is 0 Å². The Kier molecular flexibility index (Phi) is 3.24. The van der Waals surface area contributed by atoms with Gasteiger partial charge in [-0.2, -0.15) is 0 Å². The third-order valence-corrected chi connectivity index (χ3v) is 1.53. The molecule has 0 aliphatic carbocycles. The molecule has 0 aliphatic heterocycles. The molecule has 0 radical (unpaired) electrons. The molecule has 0 spiro atoms. The highest BCUT2D eigenvalue weighted by Gasteiger charge is 2.02. The first-order valence-corrected chi connectivity index (χ1v) is 3.96. The van der Waals surface area contributed by atoms with Crippen molar-refractivity contribution >= 4 is 5.91 Å². The first kappa shape index (κ1) is 10.3. The number of H-pyrrole nitrogens is 1. The van der Waals surface area contributed by atoms with Gasteiger partial charge in [0.05, 0.1) is 0 Å². The number of nitrogens with two attached hydrogens (primary N) is 2. The van der Waals surface area contributed by atoms with Crippen molar-refractivity contribution in [1.82, 2.24) is 4.98 Å². The smallest absolute Gasteiger partial charge is 0.255 e. The molecule has 0 fully saturated rings. The lowest BCUT2D eigenvalue weighted by atomic mass is 10.3. The van der Waals surface area contributed by atoms with E-state index < -0.39 is 5.91 Å². The lowest BCUT2D eigenvalue weighted by molar-refractivity contribution is -0.119. The summed E-state index contributed by atoms with van der Waals surface area (Å²) >= 11 is 0. The highest BCUT2D eigenvalue weighted by atomic mass is 16.5. The Balaban J connectivity index is 2.79. The van der Waals surface area contributed by atoms with Gasteiger partial charge in [0, 0.05) is 24.5 Å². The molecule has 5 N–H and O–H groups in total. The number of hydrogen-bond donors (Lipinski definition) is 3. The number of aromatic nitrogens is 1. The van der Waals surface area contributed by atoms with Gasteiger partial charge in [-0.1, -0.05) is 0 Å². The van der Waals surface area contributed by atoms with Crippen molar-refractivity contribution in [3.63, 3.8) is 0 Å². The van der Waals surface area contributed by atoms with Crippen molar-refractivity contribution in [2.24, 2.45) is 11.5 Å². The van der Waals surface area contributed by atoms with Gasteiger partial charge in [-0.05, 0) is 0 Å². The topological polar surface area (TPSA) is 111 Å². The van der Waals surface area contributed by atoms with Gasteiger partial charge in [0.25, 0.3) is 5.91 Å². The number of aromatic amines is 1. The van der Waals surface area contributed by atoms with Gasteiger partial charge in [-0.15, -0.1) is 0 Å². The summed E-state index contributed by atoms with van der Waals surface area (Å²) in [6.45, 7) is -0.0730. The van der Waals surface area contributed by atoms with Gasteiger partial charge < -0.3 is 21.2 Å². The van der Waals surface area contributed by atoms with Crippen molar-refractivity contribution in [2.45, 2.75) is 6.54 Å². The molecule has 0 atom stereocenters. The molecule has 0 bridgehead atoms. The first-order chi connectivity index (χ1) is 6.63. The zero-order valence-electron chi connectivity index (χ0n) is 7.45. The van der Waals surface area contributed by atoms with Crippen LogP contribution in [0.1, 0.15) is 5.69 Å². The molecule has 1 aromatic rings. The van der Waals surface area contributed by atoms with Gasteiger partial charge in [-0.3, -0.25) is 9.59 Å². The monoisotopic (exact) mass is 197 g/mol. The summed E-state index contributed by atoms with van der Waals surface area (Å²) in [4.78, 5) is 24.4. The Morgan fingerprint density at radius 2 is 2.29 bits per heavy atom. The molecule has 0 aliphatic rings. The van der Waals surface area contributed by atoms with E-state index in [1.165, 1.54) is 12.3 Å².